The SMILES string of the molecule is CCCNC(=O)N1C[C@@H]2Oc3cc(-c4ccc(F)cc4F)ccc3C(=O)N(C)[C@@H]2C1. The van der Waals surface area contributed by atoms with E-state index >= 15 is 0 Å². The number of fused-ring (bicyclic) bond motifs is 2. The van der Waals surface area contributed by atoms with E-state index in [0.717, 1.165) is 12.5 Å². The molecule has 1 fully saturated rings. The van der Waals surface area contributed by atoms with Crippen molar-refractivity contribution in [3.8, 4) is 16.9 Å². The molecule has 6 nitrogen and oxygen atoms in total. The van der Waals surface area contributed by atoms with Gasteiger partial charge in [0.1, 0.15) is 23.5 Å². The number of rotatable bonds is 3. The van der Waals surface area contributed by atoms with E-state index < -0.39 is 17.7 Å². The van der Waals surface area contributed by atoms with Crippen molar-refractivity contribution >= 4 is 11.9 Å². The number of ether oxygens (including phenoxy) is 1. The van der Waals surface area contributed by atoms with E-state index in [4.69, 9.17) is 4.74 Å². The predicted octanol–water partition coefficient (Wildman–Crippen LogP) is 3.27. The van der Waals surface area contributed by atoms with Crippen molar-refractivity contribution in [2.45, 2.75) is 25.5 Å². The summed E-state index contributed by atoms with van der Waals surface area (Å²) in [6.45, 7) is 3.26. The summed E-state index contributed by atoms with van der Waals surface area (Å²) in [4.78, 5) is 28.6. The first-order valence-electron chi connectivity index (χ1n) is 9.95. The third kappa shape index (κ3) is 3.58. The molecule has 1 saturated heterocycles. The third-order valence-corrected chi connectivity index (χ3v) is 5.60. The minimum absolute atomic E-state index is 0.184. The molecule has 2 aromatic rings. The van der Waals surface area contributed by atoms with Crippen molar-refractivity contribution in [3.63, 3.8) is 0 Å². The second kappa shape index (κ2) is 7.93. The van der Waals surface area contributed by atoms with Crippen molar-refractivity contribution in [1.29, 1.82) is 0 Å². The van der Waals surface area contributed by atoms with Gasteiger partial charge in [0.25, 0.3) is 5.91 Å². The van der Waals surface area contributed by atoms with Crippen LogP contribution in [0.5, 0.6) is 5.75 Å². The predicted molar refractivity (Wildman–Crippen MR) is 107 cm³/mol. The van der Waals surface area contributed by atoms with Crippen LogP contribution in [0.15, 0.2) is 36.4 Å². The molecule has 2 aromatic carbocycles. The van der Waals surface area contributed by atoms with Crippen LogP contribution in [-0.4, -0.2) is 60.6 Å². The van der Waals surface area contributed by atoms with Crippen molar-refractivity contribution in [3.05, 3.63) is 53.6 Å². The lowest BCUT2D eigenvalue weighted by atomic mass is 10.0. The van der Waals surface area contributed by atoms with Gasteiger partial charge in [-0.15, -0.1) is 0 Å². The zero-order chi connectivity index (χ0) is 21.4. The van der Waals surface area contributed by atoms with E-state index in [9.17, 15) is 18.4 Å². The Balaban J connectivity index is 1.64. The molecule has 4 rings (SSSR count). The number of amides is 3. The van der Waals surface area contributed by atoms with Gasteiger partial charge < -0.3 is 19.9 Å². The fourth-order valence-electron chi connectivity index (χ4n) is 3.95. The molecule has 2 atom stereocenters. The molecule has 0 aliphatic carbocycles. The first-order chi connectivity index (χ1) is 14.4. The summed E-state index contributed by atoms with van der Waals surface area (Å²) in [7, 11) is 1.69. The van der Waals surface area contributed by atoms with Crippen LogP contribution in [0.2, 0.25) is 0 Å². The zero-order valence-corrected chi connectivity index (χ0v) is 16.8. The molecule has 8 heteroatoms. The fraction of sp³-hybridized carbons (Fsp3) is 0.364. The van der Waals surface area contributed by atoms with Crippen LogP contribution < -0.4 is 10.1 Å². The number of urea groups is 1. The Morgan fingerprint density at radius 1 is 1.17 bits per heavy atom. The topological polar surface area (TPSA) is 61.9 Å². The minimum Gasteiger partial charge on any atom is -0.485 e. The zero-order valence-electron chi connectivity index (χ0n) is 16.8. The quantitative estimate of drug-likeness (QED) is 0.837. The summed E-state index contributed by atoms with van der Waals surface area (Å²) in [6.07, 6.45) is 0.429. The molecule has 0 spiro atoms. The van der Waals surface area contributed by atoms with Crippen LogP contribution in [0, 0.1) is 11.6 Å². The smallest absolute Gasteiger partial charge is 0.317 e. The van der Waals surface area contributed by atoms with Gasteiger partial charge in [0.15, 0.2) is 0 Å². The molecule has 0 aromatic heterocycles. The number of nitrogens with one attached hydrogen (secondary N) is 1. The first kappa shape index (κ1) is 20.1. The summed E-state index contributed by atoms with van der Waals surface area (Å²) in [5.41, 5.74) is 1.08. The number of halogens is 2. The van der Waals surface area contributed by atoms with E-state index in [2.05, 4.69) is 5.32 Å². The van der Waals surface area contributed by atoms with Gasteiger partial charge in [-0.25, -0.2) is 13.6 Å². The monoisotopic (exact) mass is 415 g/mol. The van der Waals surface area contributed by atoms with Crippen LogP contribution in [0.25, 0.3) is 11.1 Å². The highest BCUT2D eigenvalue weighted by atomic mass is 19.1. The summed E-state index contributed by atoms with van der Waals surface area (Å²) < 4.78 is 33.6. The van der Waals surface area contributed by atoms with Crippen LogP contribution in [0.4, 0.5) is 13.6 Å². The number of carbonyl (C=O) groups excluding carboxylic acids is 2. The molecule has 0 saturated carbocycles. The second-order valence-electron chi connectivity index (χ2n) is 7.61. The number of likely N-dealkylation sites (tertiary alicyclic amines) is 1. The molecular weight excluding hydrogens is 392 g/mol. The molecule has 2 aliphatic rings. The number of nitrogens with zero attached hydrogens (tertiary/aromatic N) is 2. The Kier molecular flexibility index (Phi) is 5.32. The standard InChI is InChI=1S/C22H23F2N3O3/c1-3-8-25-22(29)27-11-18-20(12-27)30-19-9-13(4-6-16(19)21(28)26(18)2)15-7-5-14(23)10-17(15)24/h4-7,9-10,18,20H,3,8,11-12H2,1-2H3,(H,25,29)/t18-,20+/m1/s1. The van der Waals surface area contributed by atoms with Gasteiger partial charge in [0, 0.05) is 31.8 Å². The van der Waals surface area contributed by atoms with Crippen molar-refractivity contribution in [2.24, 2.45) is 0 Å². The molecule has 3 amide bonds. The molecule has 0 bridgehead atoms. The average Bonchev–Trinajstić information content (AvgIpc) is 3.11. The first-order valence-corrected chi connectivity index (χ1v) is 9.95. The van der Waals surface area contributed by atoms with Crippen molar-refractivity contribution in [2.75, 3.05) is 26.7 Å². The Labute approximate surface area is 173 Å². The van der Waals surface area contributed by atoms with E-state index in [1.807, 2.05) is 6.92 Å². The number of likely N-dealkylation sites (N-methyl/N-ethyl adjacent to an activating group) is 1. The Morgan fingerprint density at radius 3 is 2.67 bits per heavy atom. The van der Waals surface area contributed by atoms with Gasteiger partial charge in [-0.05, 0) is 36.2 Å². The van der Waals surface area contributed by atoms with Crippen LogP contribution in [0.3, 0.4) is 0 Å². The maximum atomic E-state index is 14.2. The maximum Gasteiger partial charge on any atom is 0.317 e. The highest BCUT2D eigenvalue weighted by molar-refractivity contribution is 5.98. The minimum atomic E-state index is -0.690. The number of hydrogen-bond donors (Lipinski definition) is 1. The molecule has 2 heterocycles. The molecule has 0 unspecified atom stereocenters. The molecule has 0 radical (unpaired) electrons. The third-order valence-electron chi connectivity index (χ3n) is 5.60. The summed E-state index contributed by atoms with van der Waals surface area (Å²) in [5, 5.41) is 2.84. The van der Waals surface area contributed by atoms with Gasteiger partial charge in [-0.1, -0.05) is 13.0 Å². The number of hydrogen-bond acceptors (Lipinski definition) is 3. The Hall–Kier alpha value is -3.16. The fourth-order valence-corrected chi connectivity index (χ4v) is 3.95. The Bertz CT molecular complexity index is 998. The number of benzene rings is 2. The summed E-state index contributed by atoms with van der Waals surface area (Å²) >= 11 is 0. The van der Waals surface area contributed by atoms with Crippen LogP contribution in [0.1, 0.15) is 23.7 Å². The van der Waals surface area contributed by atoms with Crippen molar-refractivity contribution in [1.82, 2.24) is 15.1 Å². The van der Waals surface area contributed by atoms with E-state index in [1.54, 1.807) is 35.0 Å². The van der Waals surface area contributed by atoms with Crippen LogP contribution in [-0.2, 0) is 0 Å². The molecule has 1 N–H and O–H groups in total. The molecule has 2 aliphatic heterocycles. The lowest BCUT2D eigenvalue weighted by Gasteiger charge is -2.25. The highest BCUT2D eigenvalue weighted by Crippen LogP contribution is 2.35. The molecule has 158 valence electrons. The van der Waals surface area contributed by atoms with Gasteiger partial charge in [0.2, 0.25) is 0 Å². The largest absolute Gasteiger partial charge is 0.485 e. The van der Waals surface area contributed by atoms with E-state index in [-0.39, 0.29) is 23.5 Å². The normalized spacial score (nSPS) is 20.3. The Morgan fingerprint density at radius 2 is 1.93 bits per heavy atom. The summed E-state index contributed by atoms with van der Waals surface area (Å²) in [5.74, 6) is -1.24. The second-order valence-corrected chi connectivity index (χ2v) is 7.61. The lowest BCUT2D eigenvalue weighted by Crippen LogP contribution is -2.44. The van der Waals surface area contributed by atoms with Gasteiger partial charge in [-0.3, -0.25) is 4.79 Å². The maximum absolute atomic E-state index is 14.2. The van der Waals surface area contributed by atoms with Gasteiger partial charge in [0.05, 0.1) is 18.2 Å². The van der Waals surface area contributed by atoms with Crippen molar-refractivity contribution < 1.29 is 23.1 Å². The average molecular weight is 415 g/mol. The summed E-state index contributed by atoms with van der Waals surface area (Å²) in [6, 6.07) is 7.70. The van der Waals surface area contributed by atoms with Crippen LogP contribution >= 0.6 is 0 Å². The molecular formula is C22H23F2N3O3. The van der Waals surface area contributed by atoms with E-state index in [0.29, 0.717) is 36.5 Å². The van der Waals surface area contributed by atoms with Gasteiger partial charge in [-0.2, -0.15) is 0 Å². The lowest BCUT2D eigenvalue weighted by molar-refractivity contribution is 0.0682. The van der Waals surface area contributed by atoms with E-state index in [1.165, 1.54) is 12.1 Å². The number of carbonyl (C=O) groups is 2. The molecule has 30 heavy (non-hydrogen) atoms. The highest BCUT2D eigenvalue weighted by Gasteiger charge is 2.43. The van der Waals surface area contributed by atoms with Gasteiger partial charge >= 0.3 is 6.03 Å².